The first kappa shape index (κ1) is 22.3. The molecule has 8 nitrogen and oxygen atoms in total. The van der Waals surface area contributed by atoms with E-state index in [2.05, 4.69) is 4.98 Å². The third-order valence-electron chi connectivity index (χ3n) is 6.46. The van der Waals surface area contributed by atoms with Crippen molar-refractivity contribution in [2.45, 2.75) is 64.2 Å². The van der Waals surface area contributed by atoms with E-state index < -0.39 is 12.0 Å². The Bertz CT molecular complexity index is 971. The molecule has 0 radical (unpaired) electrons. The van der Waals surface area contributed by atoms with Crippen LogP contribution in [-0.2, 0) is 20.9 Å². The third-order valence-corrected chi connectivity index (χ3v) is 6.46. The summed E-state index contributed by atoms with van der Waals surface area (Å²) in [7, 11) is 1.62. The van der Waals surface area contributed by atoms with E-state index in [9.17, 15) is 14.7 Å². The fourth-order valence-corrected chi connectivity index (χ4v) is 4.68. The van der Waals surface area contributed by atoms with Crippen molar-refractivity contribution in [3.8, 4) is 17.2 Å². The minimum atomic E-state index is -0.909. The summed E-state index contributed by atoms with van der Waals surface area (Å²) in [5, 5.41) is 9.39. The Labute approximate surface area is 187 Å². The van der Waals surface area contributed by atoms with Gasteiger partial charge in [-0.05, 0) is 57.2 Å². The number of nitrogens with zero attached hydrogens (tertiary/aromatic N) is 2. The minimum absolute atomic E-state index is 0.0406. The predicted molar refractivity (Wildman–Crippen MR) is 116 cm³/mol. The molecule has 1 saturated carbocycles. The van der Waals surface area contributed by atoms with Crippen LogP contribution in [-0.4, -0.2) is 52.7 Å². The Morgan fingerprint density at radius 3 is 2.88 bits per heavy atom. The summed E-state index contributed by atoms with van der Waals surface area (Å²) in [6.07, 6.45) is 4.39. The van der Waals surface area contributed by atoms with E-state index in [0.29, 0.717) is 37.6 Å². The van der Waals surface area contributed by atoms with Crippen molar-refractivity contribution in [1.82, 2.24) is 9.88 Å². The zero-order chi connectivity index (χ0) is 22.7. The molecule has 2 aromatic rings. The lowest BCUT2D eigenvalue weighted by atomic mass is 9.86. The number of ether oxygens (including phenoxy) is 2. The van der Waals surface area contributed by atoms with E-state index in [-0.39, 0.29) is 17.9 Å². The highest BCUT2D eigenvalue weighted by atomic mass is 16.5. The first-order valence-corrected chi connectivity index (χ1v) is 11.2. The Balaban J connectivity index is 1.36. The Kier molecular flexibility index (Phi) is 6.79. The van der Waals surface area contributed by atoms with Crippen molar-refractivity contribution in [3.63, 3.8) is 0 Å². The van der Waals surface area contributed by atoms with Crippen LogP contribution in [0.3, 0.4) is 0 Å². The second-order valence-corrected chi connectivity index (χ2v) is 8.58. The van der Waals surface area contributed by atoms with Crippen LogP contribution in [0.25, 0.3) is 11.5 Å². The molecule has 0 spiro atoms. The number of carboxylic acids is 1. The molecular formula is C24H30N2O6. The minimum Gasteiger partial charge on any atom is -0.497 e. The van der Waals surface area contributed by atoms with Crippen LogP contribution < -0.4 is 4.74 Å². The van der Waals surface area contributed by atoms with Gasteiger partial charge in [-0.3, -0.25) is 4.79 Å². The second-order valence-electron chi connectivity index (χ2n) is 8.58. The molecule has 3 atom stereocenters. The SMILES string of the molecule is COc1cccc(-c2nc(CO[C@@H]3CCC[C@H](C(=O)N4CCC[C@H]4C(=O)O)C3)c(C)o2)c1. The zero-order valence-corrected chi connectivity index (χ0v) is 18.6. The molecule has 1 N–H and O–H groups in total. The maximum Gasteiger partial charge on any atom is 0.326 e. The summed E-state index contributed by atoms with van der Waals surface area (Å²) >= 11 is 0. The van der Waals surface area contributed by atoms with E-state index in [1.54, 1.807) is 12.0 Å². The van der Waals surface area contributed by atoms with Gasteiger partial charge in [-0.2, -0.15) is 0 Å². The standard InChI is InChI=1S/C24H30N2O6/c1-15-20(25-22(32-15)16-6-3-8-18(12-16)30-2)14-31-19-9-4-7-17(13-19)23(27)26-11-5-10-21(26)24(28)29/h3,6,8,12,17,19,21H,4-5,7,9-11,13-14H2,1-2H3,(H,28,29)/t17-,19+,21-/m0/s1. The van der Waals surface area contributed by atoms with E-state index >= 15 is 0 Å². The number of rotatable bonds is 7. The molecule has 1 aromatic heterocycles. The molecule has 2 fully saturated rings. The number of hydrogen-bond donors (Lipinski definition) is 1. The molecule has 1 aliphatic heterocycles. The van der Waals surface area contributed by atoms with E-state index in [1.165, 1.54) is 0 Å². The van der Waals surface area contributed by atoms with Crippen molar-refractivity contribution in [1.29, 1.82) is 0 Å². The van der Waals surface area contributed by atoms with Gasteiger partial charge in [-0.15, -0.1) is 0 Å². The quantitative estimate of drug-likeness (QED) is 0.696. The van der Waals surface area contributed by atoms with E-state index in [1.807, 2.05) is 31.2 Å². The molecular weight excluding hydrogens is 412 g/mol. The van der Waals surface area contributed by atoms with E-state index in [4.69, 9.17) is 13.9 Å². The van der Waals surface area contributed by atoms with Gasteiger partial charge in [-0.25, -0.2) is 9.78 Å². The number of carboxylic acid groups (broad SMARTS) is 1. The van der Waals surface area contributed by atoms with Gasteiger partial charge in [-0.1, -0.05) is 12.5 Å². The molecule has 4 rings (SSSR count). The summed E-state index contributed by atoms with van der Waals surface area (Å²) < 4.78 is 17.2. The third kappa shape index (κ3) is 4.80. The maximum atomic E-state index is 13.0. The number of oxazole rings is 1. The first-order chi connectivity index (χ1) is 15.5. The largest absolute Gasteiger partial charge is 0.497 e. The van der Waals surface area contributed by atoms with Gasteiger partial charge < -0.3 is 23.9 Å². The van der Waals surface area contributed by atoms with Gasteiger partial charge in [0.15, 0.2) is 0 Å². The molecule has 32 heavy (non-hydrogen) atoms. The van der Waals surface area contributed by atoms with Crippen molar-refractivity contribution >= 4 is 11.9 Å². The summed E-state index contributed by atoms with van der Waals surface area (Å²) in [6.45, 7) is 2.71. The van der Waals surface area contributed by atoms with Crippen LogP contribution >= 0.6 is 0 Å². The normalized spacial score (nSPS) is 23.3. The van der Waals surface area contributed by atoms with Crippen molar-refractivity contribution in [2.75, 3.05) is 13.7 Å². The highest BCUT2D eigenvalue weighted by molar-refractivity contribution is 5.85. The molecule has 8 heteroatoms. The number of carbonyl (C=O) groups excluding carboxylic acids is 1. The number of methoxy groups -OCH3 is 1. The summed E-state index contributed by atoms with van der Waals surface area (Å²) in [5.41, 5.74) is 1.57. The number of hydrogen-bond acceptors (Lipinski definition) is 6. The summed E-state index contributed by atoms with van der Waals surface area (Å²) in [4.78, 5) is 30.6. The number of likely N-dealkylation sites (tertiary alicyclic amines) is 1. The molecule has 0 bridgehead atoms. The predicted octanol–water partition coefficient (Wildman–Crippen LogP) is 3.81. The lowest BCUT2D eigenvalue weighted by molar-refractivity contribution is -0.151. The lowest BCUT2D eigenvalue weighted by Gasteiger charge is -2.32. The van der Waals surface area contributed by atoms with Crippen LogP contribution in [0.5, 0.6) is 5.75 Å². The van der Waals surface area contributed by atoms with Crippen LogP contribution in [0.4, 0.5) is 0 Å². The summed E-state index contributed by atoms with van der Waals surface area (Å²) in [5.74, 6) is 0.823. The average Bonchev–Trinajstić information content (AvgIpc) is 3.44. The van der Waals surface area contributed by atoms with Crippen LogP contribution in [0.2, 0.25) is 0 Å². The number of benzene rings is 1. The number of amides is 1. The van der Waals surface area contributed by atoms with Gasteiger partial charge >= 0.3 is 5.97 Å². The Morgan fingerprint density at radius 1 is 1.25 bits per heavy atom. The van der Waals surface area contributed by atoms with E-state index in [0.717, 1.165) is 42.7 Å². The molecule has 1 aliphatic carbocycles. The maximum absolute atomic E-state index is 13.0. The fourth-order valence-electron chi connectivity index (χ4n) is 4.68. The number of aromatic nitrogens is 1. The lowest BCUT2D eigenvalue weighted by Crippen LogP contribution is -2.45. The molecule has 1 amide bonds. The van der Waals surface area contributed by atoms with Gasteiger partial charge in [0, 0.05) is 18.0 Å². The van der Waals surface area contributed by atoms with Crippen molar-refractivity contribution in [3.05, 3.63) is 35.7 Å². The Morgan fingerprint density at radius 2 is 2.09 bits per heavy atom. The molecule has 1 saturated heterocycles. The molecule has 0 unspecified atom stereocenters. The molecule has 2 heterocycles. The second kappa shape index (κ2) is 9.73. The monoisotopic (exact) mass is 442 g/mol. The molecule has 172 valence electrons. The number of aryl methyl sites for hydroxylation is 1. The van der Waals surface area contributed by atoms with Crippen LogP contribution in [0.1, 0.15) is 50.0 Å². The topological polar surface area (TPSA) is 102 Å². The average molecular weight is 443 g/mol. The van der Waals surface area contributed by atoms with Crippen molar-refractivity contribution in [2.24, 2.45) is 5.92 Å². The number of carbonyl (C=O) groups is 2. The molecule has 1 aromatic carbocycles. The van der Waals surface area contributed by atoms with Gasteiger partial charge in [0.05, 0.1) is 19.8 Å². The van der Waals surface area contributed by atoms with Crippen LogP contribution in [0, 0.1) is 12.8 Å². The van der Waals surface area contributed by atoms with Gasteiger partial charge in [0.2, 0.25) is 11.8 Å². The smallest absolute Gasteiger partial charge is 0.326 e. The number of aliphatic carboxylic acids is 1. The van der Waals surface area contributed by atoms with Crippen molar-refractivity contribution < 1.29 is 28.6 Å². The summed E-state index contributed by atoms with van der Waals surface area (Å²) in [6, 6.07) is 6.86. The zero-order valence-electron chi connectivity index (χ0n) is 18.6. The van der Waals surface area contributed by atoms with Crippen LogP contribution in [0.15, 0.2) is 28.7 Å². The fraction of sp³-hybridized carbons (Fsp3) is 0.542. The van der Waals surface area contributed by atoms with Gasteiger partial charge in [0.25, 0.3) is 0 Å². The highest BCUT2D eigenvalue weighted by Gasteiger charge is 2.38. The Hall–Kier alpha value is -2.87. The highest BCUT2D eigenvalue weighted by Crippen LogP contribution is 2.32. The first-order valence-electron chi connectivity index (χ1n) is 11.2. The van der Waals surface area contributed by atoms with Gasteiger partial charge in [0.1, 0.15) is 23.2 Å². The molecule has 2 aliphatic rings.